The van der Waals surface area contributed by atoms with Gasteiger partial charge >= 0.3 is 0 Å². The van der Waals surface area contributed by atoms with Crippen molar-refractivity contribution in [3.05, 3.63) is 47.2 Å². The fraction of sp³-hybridized carbons (Fsp3) is 0.385. The predicted octanol–water partition coefficient (Wildman–Crippen LogP) is 2.20. The molecule has 0 aliphatic rings. The maximum Gasteiger partial charge on any atom is 0.0566 e. The van der Waals surface area contributed by atoms with Crippen molar-refractivity contribution in [3.63, 3.8) is 0 Å². The van der Waals surface area contributed by atoms with Crippen LogP contribution in [0.1, 0.15) is 31.4 Å². The second kappa shape index (κ2) is 6.59. The summed E-state index contributed by atoms with van der Waals surface area (Å²) >= 11 is 0. The Bertz CT molecular complexity index is 306. The first-order valence-corrected chi connectivity index (χ1v) is 7.08. The van der Waals surface area contributed by atoms with Crippen molar-refractivity contribution >= 4 is 9.52 Å². The zero-order valence-electron chi connectivity index (χ0n) is 9.61. The van der Waals surface area contributed by atoms with E-state index in [9.17, 15) is 0 Å². The average Bonchev–Trinajstić information content (AvgIpc) is 2.29. The second-order valence-electron chi connectivity index (χ2n) is 3.96. The summed E-state index contributed by atoms with van der Waals surface area (Å²) in [6, 6.07) is 10.6. The molecule has 82 valence electrons. The van der Waals surface area contributed by atoms with Crippen molar-refractivity contribution < 1.29 is 5.11 Å². The molecule has 1 aromatic carbocycles. The van der Waals surface area contributed by atoms with Gasteiger partial charge in [-0.25, -0.2) is 0 Å². The highest BCUT2D eigenvalue weighted by Gasteiger charge is 2.11. The monoisotopic (exact) mass is 220 g/mol. The van der Waals surface area contributed by atoms with Gasteiger partial charge in [0.2, 0.25) is 0 Å². The molecule has 0 fully saturated rings. The molecule has 1 aromatic rings. The summed E-state index contributed by atoms with van der Waals surface area (Å²) < 4.78 is 0. The minimum absolute atomic E-state index is 0.259. The van der Waals surface area contributed by atoms with Gasteiger partial charge in [0, 0.05) is 6.61 Å². The zero-order chi connectivity index (χ0) is 11.1. The van der Waals surface area contributed by atoms with Crippen molar-refractivity contribution in [2.75, 3.05) is 6.61 Å². The number of hydrogen-bond acceptors (Lipinski definition) is 1. The molecule has 1 rings (SSSR count). The van der Waals surface area contributed by atoms with E-state index in [1.165, 1.54) is 10.8 Å². The number of aliphatic hydroxyl groups excluding tert-OH is 1. The van der Waals surface area contributed by atoms with Gasteiger partial charge in [0.05, 0.1) is 9.52 Å². The Kier molecular flexibility index (Phi) is 5.36. The lowest BCUT2D eigenvalue weighted by molar-refractivity contribution is 0.286. The Labute approximate surface area is 94.7 Å². The molecule has 1 atom stereocenters. The third-order valence-corrected chi connectivity index (χ3v) is 5.23. The van der Waals surface area contributed by atoms with Crippen LogP contribution in [0.5, 0.6) is 0 Å². The predicted molar refractivity (Wildman–Crippen MR) is 68.9 cm³/mol. The van der Waals surface area contributed by atoms with Crippen LogP contribution >= 0.6 is 0 Å². The molecule has 0 bridgehead atoms. The van der Waals surface area contributed by atoms with E-state index < -0.39 is 0 Å². The molecule has 0 aromatic heterocycles. The minimum atomic E-state index is -0.259. The van der Waals surface area contributed by atoms with Crippen LogP contribution in [0.3, 0.4) is 0 Å². The summed E-state index contributed by atoms with van der Waals surface area (Å²) in [5.41, 5.74) is 1.98. The summed E-state index contributed by atoms with van der Waals surface area (Å²) in [7, 11) is -0.259. The molecule has 0 amide bonds. The van der Waals surface area contributed by atoms with E-state index in [0.717, 1.165) is 6.42 Å². The molecular formula is C13H20OSi. The van der Waals surface area contributed by atoms with E-state index in [1.807, 2.05) is 6.07 Å². The van der Waals surface area contributed by atoms with Crippen LogP contribution in [0.15, 0.2) is 41.6 Å². The summed E-state index contributed by atoms with van der Waals surface area (Å²) in [6.07, 6.45) is 3.11. The van der Waals surface area contributed by atoms with Crippen LogP contribution in [0, 0.1) is 0 Å². The van der Waals surface area contributed by atoms with Crippen LogP contribution in [0.2, 0.25) is 0 Å². The fourth-order valence-corrected chi connectivity index (χ4v) is 3.68. The highest BCUT2D eigenvalue weighted by Crippen LogP contribution is 2.19. The van der Waals surface area contributed by atoms with Gasteiger partial charge in [-0.1, -0.05) is 41.6 Å². The minimum Gasteiger partial charge on any atom is -0.396 e. The number of hydrogen-bond donors (Lipinski definition) is 1. The first kappa shape index (κ1) is 12.2. The lowest BCUT2D eigenvalue weighted by atomic mass is 10.1. The highest BCUT2D eigenvalue weighted by atomic mass is 28.2. The van der Waals surface area contributed by atoms with Gasteiger partial charge < -0.3 is 5.11 Å². The van der Waals surface area contributed by atoms with Crippen molar-refractivity contribution in [2.24, 2.45) is 0 Å². The largest absolute Gasteiger partial charge is 0.396 e. The highest BCUT2D eigenvalue weighted by molar-refractivity contribution is 6.47. The molecule has 1 unspecified atom stereocenters. The Morgan fingerprint density at radius 2 is 2.07 bits per heavy atom. The molecule has 1 nitrogen and oxygen atoms in total. The summed E-state index contributed by atoms with van der Waals surface area (Å²) in [6.45, 7) is 4.60. The van der Waals surface area contributed by atoms with Crippen molar-refractivity contribution in [3.8, 4) is 0 Å². The molecule has 1 N–H and O–H groups in total. The van der Waals surface area contributed by atoms with E-state index in [0.29, 0.717) is 12.1 Å². The number of rotatable bonds is 5. The van der Waals surface area contributed by atoms with Gasteiger partial charge in [-0.2, -0.15) is 0 Å². The van der Waals surface area contributed by atoms with Crippen molar-refractivity contribution in [1.29, 1.82) is 0 Å². The summed E-state index contributed by atoms with van der Waals surface area (Å²) in [5, 5.41) is 10.6. The normalized spacial score (nSPS) is 14.7. The fourth-order valence-electron chi connectivity index (χ4n) is 1.77. The summed E-state index contributed by atoms with van der Waals surface area (Å²) in [4.78, 5) is 0. The number of aliphatic hydroxyl groups is 1. The Balaban J connectivity index is 2.74. The second-order valence-corrected chi connectivity index (χ2v) is 6.47. The molecule has 0 spiro atoms. The Hall–Kier alpha value is -0.863. The molecule has 0 aliphatic carbocycles. The maximum absolute atomic E-state index is 9.09. The number of allylic oxidation sites excluding steroid dienone is 2. The molecule has 0 heterocycles. The molecule has 15 heavy (non-hydrogen) atoms. The zero-order valence-corrected chi connectivity index (χ0v) is 11.0. The van der Waals surface area contributed by atoms with Gasteiger partial charge in [-0.05, 0) is 31.4 Å². The van der Waals surface area contributed by atoms with E-state index in [2.05, 4.69) is 44.2 Å². The smallest absolute Gasteiger partial charge is 0.0566 e. The van der Waals surface area contributed by atoms with E-state index in [-0.39, 0.29) is 9.52 Å². The maximum atomic E-state index is 9.09. The van der Waals surface area contributed by atoms with Gasteiger partial charge in [0.1, 0.15) is 0 Å². The Morgan fingerprint density at radius 1 is 1.40 bits per heavy atom. The molecular weight excluding hydrogens is 200 g/mol. The lowest BCUT2D eigenvalue weighted by Gasteiger charge is -2.15. The molecule has 2 heteroatoms. The third-order valence-electron chi connectivity index (χ3n) is 2.81. The van der Waals surface area contributed by atoms with Crippen LogP contribution in [0.4, 0.5) is 0 Å². The Morgan fingerprint density at radius 3 is 2.60 bits per heavy atom. The van der Waals surface area contributed by atoms with Crippen LogP contribution < -0.4 is 0 Å². The van der Waals surface area contributed by atoms with Gasteiger partial charge in [-0.15, -0.1) is 0 Å². The van der Waals surface area contributed by atoms with Crippen molar-refractivity contribution in [2.45, 2.75) is 25.8 Å². The molecule has 0 saturated heterocycles. The first-order chi connectivity index (χ1) is 7.27. The number of benzene rings is 1. The van der Waals surface area contributed by atoms with E-state index in [4.69, 9.17) is 5.11 Å². The van der Waals surface area contributed by atoms with E-state index in [1.54, 1.807) is 0 Å². The third kappa shape index (κ3) is 4.02. The molecule has 0 radical (unpaired) electrons. The molecule has 0 saturated carbocycles. The first-order valence-electron chi connectivity index (χ1n) is 5.55. The van der Waals surface area contributed by atoms with Crippen LogP contribution in [-0.2, 0) is 0 Å². The topological polar surface area (TPSA) is 20.2 Å². The standard InChI is InChI=1S/C13H20OSi/c1-3-11(2)15-13(9-10-14)12-7-5-4-6-8-12/h3-8,13-14H,9-10,15H2,1-2H3. The molecule has 0 aliphatic heterocycles. The average molecular weight is 220 g/mol. The summed E-state index contributed by atoms with van der Waals surface area (Å²) in [5.74, 6) is 0. The SMILES string of the molecule is CC=C(C)[SiH2]C(CCO)c1ccccc1. The van der Waals surface area contributed by atoms with Gasteiger partial charge in [0.15, 0.2) is 0 Å². The van der Waals surface area contributed by atoms with Gasteiger partial charge in [0.25, 0.3) is 0 Å². The van der Waals surface area contributed by atoms with Crippen molar-refractivity contribution in [1.82, 2.24) is 0 Å². The van der Waals surface area contributed by atoms with Crippen LogP contribution in [-0.4, -0.2) is 21.2 Å². The quantitative estimate of drug-likeness (QED) is 0.754. The van der Waals surface area contributed by atoms with E-state index >= 15 is 0 Å². The van der Waals surface area contributed by atoms with Gasteiger partial charge in [-0.3, -0.25) is 0 Å². The lowest BCUT2D eigenvalue weighted by Crippen LogP contribution is -2.11. The van der Waals surface area contributed by atoms with Crippen LogP contribution in [0.25, 0.3) is 0 Å².